The number of methoxy groups -OCH3 is 1. The number of nitro groups is 1. The van der Waals surface area contributed by atoms with E-state index in [1.54, 1.807) is 0 Å². The lowest BCUT2D eigenvalue weighted by molar-refractivity contribution is -0.384. The highest BCUT2D eigenvalue weighted by molar-refractivity contribution is 5.93. The number of nitro benzene ring substituents is 1. The van der Waals surface area contributed by atoms with Crippen LogP contribution in [0.25, 0.3) is 0 Å². The molecule has 0 bridgehead atoms. The van der Waals surface area contributed by atoms with Crippen molar-refractivity contribution in [1.82, 2.24) is 0 Å². The third-order valence-electron chi connectivity index (χ3n) is 2.24. The Balaban J connectivity index is 2.87. The lowest BCUT2D eigenvalue weighted by Gasteiger charge is -2.07. The molecular weight excluding hydrogens is 240 g/mol. The number of aliphatic hydroxyl groups excluding tert-OH is 1. The number of nitrogens with zero attached hydrogens (tertiary/aromatic N) is 1. The highest BCUT2D eigenvalue weighted by Gasteiger charge is 2.16. The van der Waals surface area contributed by atoms with Crippen molar-refractivity contribution in [2.24, 2.45) is 0 Å². The van der Waals surface area contributed by atoms with Crippen LogP contribution in [0.15, 0.2) is 18.2 Å². The molecule has 1 amide bonds. The van der Waals surface area contributed by atoms with Gasteiger partial charge >= 0.3 is 0 Å². The van der Waals surface area contributed by atoms with E-state index in [9.17, 15) is 14.9 Å². The summed E-state index contributed by atoms with van der Waals surface area (Å²) >= 11 is 0. The lowest BCUT2D eigenvalue weighted by Crippen LogP contribution is -2.13. The molecule has 0 aliphatic rings. The molecule has 0 atom stereocenters. The number of carbonyl (C=O) groups excluding carboxylic acids is 1. The molecule has 0 saturated carbocycles. The number of aliphatic hydroxyl groups is 1. The summed E-state index contributed by atoms with van der Waals surface area (Å²) < 4.78 is 4.88. The Labute approximate surface area is 104 Å². The molecule has 0 aliphatic carbocycles. The highest BCUT2D eigenvalue weighted by Crippen LogP contribution is 2.28. The van der Waals surface area contributed by atoms with Gasteiger partial charge in [0.05, 0.1) is 18.1 Å². The minimum Gasteiger partial charge on any atom is -0.496 e. The summed E-state index contributed by atoms with van der Waals surface area (Å²) in [5, 5.41) is 21.9. The Morgan fingerprint density at radius 2 is 2.28 bits per heavy atom. The third-order valence-corrected chi connectivity index (χ3v) is 2.24. The molecule has 1 aromatic rings. The summed E-state index contributed by atoms with van der Waals surface area (Å²) in [4.78, 5) is 21.7. The highest BCUT2D eigenvalue weighted by atomic mass is 16.6. The van der Waals surface area contributed by atoms with Crippen molar-refractivity contribution in [3.63, 3.8) is 0 Å². The maximum atomic E-state index is 11.4. The smallest absolute Gasteiger partial charge is 0.296 e. The van der Waals surface area contributed by atoms with Crippen LogP contribution >= 0.6 is 0 Å². The molecule has 18 heavy (non-hydrogen) atoms. The normalized spacial score (nSPS) is 9.89. The molecule has 0 saturated heterocycles. The quantitative estimate of drug-likeness (QED) is 0.588. The van der Waals surface area contributed by atoms with Crippen LogP contribution in [-0.2, 0) is 4.79 Å². The van der Waals surface area contributed by atoms with E-state index in [0.717, 1.165) is 0 Å². The monoisotopic (exact) mass is 254 g/mol. The molecule has 0 heterocycles. The average molecular weight is 254 g/mol. The number of hydrogen-bond donors (Lipinski definition) is 2. The maximum absolute atomic E-state index is 11.4. The summed E-state index contributed by atoms with van der Waals surface area (Å²) in [6, 6.07) is 4.17. The number of rotatable bonds is 6. The van der Waals surface area contributed by atoms with Crippen LogP contribution < -0.4 is 10.1 Å². The fraction of sp³-hybridized carbons (Fsp3) is 0.364. The third kappa shape index (κ3) is 3.70. The Kier molecular flexibility index (Phi) is 5.06. The summed E-state index contributed by atoms with van der Waals surface area (Å²) in [6.07, 6.45) is 0.426. The fourth-order valence-corrected chi connectivity index (χ4v) is 1.35. The molecule has 1 rings (SSSR count). The van der Waals surface area contributed by atoms with Crippen LogP contribution in [0.3, 0.4) is 0 Å². The van der Waals surface area contributed by atoms with Crippen molar-refractivity contribution in [2.45, 2.75) is 12.8 Å². The molecule has 0 aliphatic heterocycles. The molecule has 1 aromatic carbocycles. The van der Waals surface area contributed by atoms with E-state index in [-0.39, 0.29) is 30.3 Å². The standard InChI is InChI=1S/C11H14N2O5/c1-18-8-4-5-9(10(7-8)13(16)17)12-11(15)3-2-6-14/h4-5,7,14H,2-3,6H2,1H3,(H,12,15). The predicted molar refractivity (Wildman–Crippen MR) is 64.6 cm³/mol. The van der Waals surface area contributed by atoms with Gasteiger partial charge in [-0.15, -0.1) is 0 Å². The van der Waals surface area contributed by atoms with Gasteiger partial charge in [-0.1, -0.05) is 0 Å². The van der Waals surface area contributed by atoms with Crippen LogP contribution in [-0.4, -0.2) is 29.7 Å². The van der Waals surface area contributed by atoms with Gasteiger partial charge in [0.25, 0.3) is 5.69 Å². The zero-order valence-electron chi connectivity index (χ0n) is 9.88. The van der Waals surface area contributed by atoms with Crippen molar-refractivity contribution in [3.8, 4) is 5.75 Å². The first-order valence-electron chi connectivity index (χ1n) is 5.31. The lowest BCUT2D eigenvalue weighted by atomic mass is 10.2. The number of ether oxygens (including phenoxy) is 1. The molecule has 98 valence electrons. The Bertz CT molecular complexity index is 447. The molecule has 7 nitrogen and oxygen atoms in total. The molecule has 0 fully saturated rings. The van der Waals surface area contributed by atoms with Crippen LogP contribution in [0.2, 0.25) is 0 Å². The molecule has 0 aromatic heterocycles. The first-order chi connectivity index (χ1) is 8.58. The van der Waals surface area contributed by atoms with Crippen LogP contribution in [0.4, 0.5) is 11.4 Å². The first-order valence-corrected chi connectivity index (χ1v) is 5.31. The van der Waals surface area contributed by atoms with Crippen LogP contribution in [0.1, 0.15) is 12.8 Å². The minimum atomic E-state index is -0.593. The molecule has 0 radical (unpaired) electrons. The summed E-state index contributed by atoms with van der Waals surface area (Å²) in [5.74, 6) is -0.0348. The van der Waals surface area contributed by atoms with Crippen molar-refractivity contribution < 1.29 is 19.6 Å². The van der Waals surface area contributed by atoms with Crippen molar-refractivity contribution >= 4 is 17.3 Å². The van der Waals surface area contributed by atoms with E-state index in [2.05, 4.69) is 5.32 Å². The van der Waals surface area contributed by atoms with Crippen molar-refractivity contribution in [3.05, 3.63) is 28.3 Å². The van der Waals surface area contributed by atoms with Gasteiger partial charge in [0.2, 0.25) is 5.91 Å². The number of nitrogens with one attached hydrogen (secondary N) is 1. The number of benzene rings is 1. The average Bonchev–Trinajstić information content (AvgIpc) is 2.36. The van der Waals surface area contributed by atoms with Gasteiger partial charge in [-0.3, -0.25) is 14.9 Å². The second kappa shape index (κ2) is 6.55. The Hall–Kier alpha value is -2.15. The number of amides is 1. The first kappa shape index (κ1) is 13.9. The Morgan fingerprint density at radius 1 is 1.56 bits per heavy atom. The van der Waals surface area contributed by atoms with Crippen molar-refractivity contribution in [2.75, 3.05) is 19.0 Å². The summed E-state index contributed by atoms with van der Waals surface area (Å²) in [5.41, 5.74) is -0.115. The summed E-state index contributed by atoms with van der Waals surface area (Å²) in [6.45, 7) is -0.0991. The van der Waals surface area contributed by atoms with Crippen LogP contribution in [0.5, 0.6) is 5.75 Å². The maximum Gasteiger partial charge on any atom is 0.296 e. The molecular formula is C11H14N2O5. The van der Waals surface area contributed by atoms with E-state index in [0.29, 0.717) is 12.2 Å². The van der Waals surface area contributed by atoms with Crippen molar-refractivity contribution in [1.29, 1.82) is 0 Å². The molecule has 0 unspecified atom stereocenters. The zero-order chi connectivity index (χ0) is 13.5. The van der Waals surface area contributed by atoms with E-state index in [4.69, 9.17) is 9.84 Å². The fourth-order valence-electron chi connectivity index (χ4n) is 1.35. The topological polar surface area (TPSA) is 102 Å². The van der Waals surface area contributed by atoms with Gasteiger partial charge in [0, 0.05) is 13.0 Å². The summed E-state index contributed by atoms with van der Waals surface area (Å²) in [7, 11) is 1.40. The molecule has 7 heteroatoms. The van der Waals surface area contributed by atoms with Gasteiger partial charge in [0.1, 0.15) is 11.4 Å². The van der Waals surface area contributed by atoms with Crippen LogP contribution in [0, 0.1) is 10.1 Å². The van der Waals surface area contributed by atoms with E-state index in [1.807, 2.05) is 0 Å². The molecule has 2 N–H and O–H groups in total. The van der Waals surface area contributed by atoms with E-state index >= 15 is 0 Å². The second-order valence-corrected chi connectivity index (χ2v) is 3.52. The van der Waals surface area contributed by atoms with E-state index in [1.165, 1.54) is 25.3 Å². The second-order valence-electron chi connectivity index (χ2n) is 3.52. The van der Waals surface area contributed by atoms with Gasteiger partial charge in [-0.05, 0) is 18.6 Å². The number of anilines is 1. The molecule has 0 spiro atoms. The minimum absolute atomic E-state index is 0.0991. The largest absolute Gasteiger partial charge is 0.496 e. The van der Waals surface area contributed by atoms with Gasteiger partial charge in [0.15, 0.2) is 0 Å². The zero-order valence-corrected chi connectivity index (χ0v) is 9.88. The predicted octanol–water partition coefficient (Wildman–Crippen LogP) is 1.31. The SMILES string of the molecule is COc1ccc(NC(=O)CCCO)c([N+](=O)[O-])c1. The van der Waals surface area contributed by atoms with Gasteiger partial charge in [-0.25, -0.2) is 0 Å². The van der Waals surface area contributed by atoms with Gasteiger partial charge in [-0.2, -0.15) is 0 Å². The van der Waals surface area contributed by atoms with E-state index < -0.39 is 4.92 Å². The number of carbonyl (C=O) groups is 1. The Morgan fingerprint density at radius 3 is 2.83 bits per heavy atom. The van der Waals surface area contributed by atoms with Gasteiger partial charge < -0.3 is 15.2 Å². The number of hydrogen-bond acceptors (Lipinski definition) is 5.